The lowest BCUT2D eigenvalue weighted by molar-refractivity contribution is -0.0579. The standard InChI is InChI=1S/C8H12O4/c1-3-5(9)4(2)7(11)8(12)6(3)10/h5-12H,1-2H2/t5-,6-,7+,8+. The molecule has 12 heavy (non-hydrogen) atoms. The van der Waals surface area contributed by atoms with Crippen molar-refractivity contribution < 1.29 is 20.4 Å². The van der Waals surface area contributed by atoms with Gasteiger partial charge in [0.25, 0.3) is 0 Å². The van der Waals surface area contributed by atoms with Crippen molar-refractivity contribution in [2.75, 3.05) is 0 Å². The molecule has 0 aromatic rings. The maximum absolute atomic E-state index is 9.27. The van der Waals surface area contributed by atoms with Gasteiger partial charge in [0, 0.05) is 0 Å². The Bertz CT molecular complexity index is 201. The Morgan fingerprint density at radius 2 is 1.17 bits per heavy atom. The van der Waals surface area contributed by atoms with Crippen LogP contribution in [0.25, 0.3) is 0 Å². The molecule has 0 bridgehead atoms. The van der Waals surface area contributed by atoms with E-state index in [1.165, 1.54) is 0 Å². The molecule has 0 amide bonds. The zero-order valence-electron chi connectivity index (χ0n) is 6.51. The Morgan fingerprint density at radius 3 is 1.50 bits per heavy atom. The predicted molar refractivity (Wildman–Crippen MR) is 42.3 cm³/mol. The number of aliphatic hydroxyl groups is 4. The van der Waals surface area contributed by atoms with E-state index in [0.29, 0.717) is 0 Å². The summed E-state index contributed by atoms with van der Waals surface area (Å²) in [6.45, 7) is 6.76. The van der Waals surface area contributed by atoms with E-state index in [0.717, 1.165) is 0 Å². The van der Waals surface area contributed by atoms with Crippen molar-refractivity contribution in [3.63, 3.8) is 0 Å². The Hall–Kier alpha value is -0.680. The summed E-state index contributed by atoms with van der Waals surface area (Å²) in [7, 11) is 0. The van der Waals surface area contributed by atoms with Gasteiger partial charge in [-0.3, -0.25) is 0 Å². The molecule has 0 unspecified atom stereocenters. The van der Waals surface area contributed by atoms with Crippen LogP contribution in [0.2, 0.25) is 0 Å². The van der Waals surface area contributed by atoms with Crippen LogP contribution in [0.3, 0.4) is 0 Å². The van der Waals surface area contributed by atoms with Crippen LogP contribution in [0.15, 0.2) is 24.3 Å². The molecule has 0 heterocycles. The van der Waals surface area contributed by atoms with Gasteiger partial charge in [0.1, 0.15) is 24.4 Å². The van der Waals surface area contributed by atoms with E-state index in [4.69, 9.17) is 0 Å². The summed E-state index contributed by atoms with van der Waals surface area (Å²) in [5.41, 5.74) is 0.135. The van der Waals surface area contributed by atoms with Gasteiger partial charge in [0.15, 0.2) is 0 Å². The largest absolute Gasteiger partial charge is 0.387 e. The second-order valence-electron chi connectivity index (χ2n) is 2.93. The highest BCUT2D eigenvalue weighted by atomic mass is 16.4. The molecule has 4 nitrogen and oxygen atoms in total. The van der Waals surface area contributed by atoms with E-state index in [1.54, 1.807) is 0 Å². The first-order valence-corrected chi connectivity index (χ1v) is 3.56. The van der Waals surface area contributed by atoms with Crippen LogP contribution in [0.4, 0.5) is 0 Å². The van der Waals surface area contributed by atoms with Gasteiger partial charge in [0.05, 0.1) is 0 Å². The van der Waals surface area contributed by atoms with Gasteiger partial charge in [-0.05, 0) is 11.1 Å². The fourth-order valence-electron chi connectivity index (χ4n) is 1.17. The lowest BCUT2D eigenvalue weighted by Crippen LogP contribution is -2.49. The lowest BCUT2D eigenvalue weighted by Gasteiger charge is -2.35. The van der Waals surface area contributed by atoms with Crippen LogP contribution in [-0.2, 0) is 0 Å². The molecule has 4 atom stereocenters. The molecule has 1 fully saturated rings. The third kappa shape index (κ3) is 1.19. The minimum atomic E-state index is -1.34. The molecule has 1 aliphatic carbocycles. The van der Waals surface area contributed by atoms with Crippen LogP contribution in [0, 0.1) is 0 Å². The summed E-state index contributed by atoms with van der Waals surface area (Å²) >= 11 is 0. The number of rotatable bonds is 0. The minimum Gasteiger partial charge on any atom is -0.387 e. The summed E-state index contributed by atoms with van der Waals surface area (Å²) in [6.07, 6.45) is -5.06. The molecule has 0 spiro atoms. The Kier molecular flexibility index (Phi) is 2.34. The highest BCUT2D eigenvalue weighted by Gasteiger charge is 2.39. The Morgan fingerprint density at radius 1 is 0.833 bits per heavy atom. The van der Waals surface area contributed by atoms with Crippen LogP contribution in [0.5, 0.6) is 0 Å². The molecule has 1 aliphatic rings. The van der Waals surface area contributed by atoms with E-state index in [1.807, 2.05) is 0 Å². The van der Waals surface area contributed by atoms with E-state index in [9.17, 15) is 20.4 Å². The topological polar surface area (TPSA) is 80.9 Å². The third-order valence-corrected chi connectivity index (χ3v) is 2.11. The molecule has 0 aromatic heterocycles. The van der Waals surface area contributed by atoms with Gasteiger partial charge in [0.2, 0.25) is 0 Å². The molecule has 1 saturated carbocycles. The van der Waals surface area contributed by atoms with Gasteiger partial charge >= 0.3 is 0 Å². The van der Waals surface area contributed by atoms with Crippen LogP contribution in [0.1, 0.15) is 0 Å². The molecule has 0 aliphatic heterocycles. The lowest BCUT2D eigenvalue weighted by atomic mass is 9.83. The van der Waals surface area contributed by atoms with Gasteiger partial charge < -0.3 is 20.4 Å². The summed E-state index contributed by atoms with van der Waals surface area (Å²) in [5.74, 6) is 0. The van der Waals surface area contributed by atoms with Crippen LogP contribution < -0.4 is 0 Å². The molecule has 4 N–H and O–H groups in total. The molecular weight excluding hydrogens is 160 g/mol. The minimum absolute atomic E-state index is 0.0674. The zero-order valence-corrected chi connectivity index (χ0v) is 6.51. The first-order valence-electron chi connectivity index (χ1n) is 3.56. The number of hydrogen-bond acceptors (Lipinski definition) is 4. The van der Waals surface area contributed by atoms with Crippen molar-refractivity contribution in [3.05, 3.63) is 24.3 Å². The highest BCUT2D eigenvalue weighted by Crippen LogP contribution is 2.27. The number of aliphatic hydroxyl groups excluding tert-OH is 4. The quantitative estimate of drug-likeness (QED) is 0.337. The van der Waals surface area contributed by atoms with E-state index >= 15 is 0 Å². The van der Waals surface area contributed by atoms with Crippen molar-refractivity contribution in [2.24, 2.45) is 0 Å². The second-order valence-corrected chi connectivity index (χ2v) is 2.93. The average molecular weight is 172 g/mol. The summed E-state index contributed by atoms with van der Waals surface area (Å²) in [6, 6.07) is 0. The third-order valence-electron chi connectivity index (χ3n) is 2.11. The fourth-order valence-corrected chi connectivity index (χ4v) is 1.17. The van der Waals surface area contributed by atoms with Gasteiger partial charge in [-0.25, -0.2) is 0 Å². The normalized spacial score (nSPS) is 43.3. The zero-order chi connectivity index (χ0) is 9.46. The van der Waals surface area contributed by atoms with Gasteiger partial charge in [-0.2, -0.15) is 0 Å². The van der Waals surface area contributed by atoms with Crippen LogP contribution in [-0.4, -0.2) is 44.8 Å². The first-order chi connectivity index (χ1) is 5.46. The smallest absolute Gasteiger partial charge is 0.114 e. The first kappa shape index (κ1) is 9.41. The predicted octanol–water partition coefficient (Wildman–Crippen LogP) is -1.44. The van der Waals surface area contributed by atoms with Gasteiger partial charge in [-0.15, -0.1) is 0 Å². The fraction of sp³-hybridized carbons (Fsp3) is 0.500. The van der Waals surface area contributed by atoms with Crippen molar-refractivity contribution in [1.29, 1.82) is 0 Å². The Labute approximate surface area is 70.1 Å². The summed E-state index contributed by atoms with van der Waals surface area (Å²) in [4.78, 5) is 0. The highest BCUT2D eigenvalue weighted by molar-refractivity contribution is 5.31. The molecule has 0 radical (unpaired) electrons. The maximum atomic E-state index is 9.27. The molecular formula is C8H12O4. The SMILES string of the molecule is C=C1[C@@H](O)C(=C)[C@H](O)[C@@H](O)[C@@H]1O. The molecule has 0 saturated heterocycles. The summed E-state index contributed by atoms with van der Waals surface area (Å²) < 4.78 is 0. The maximum Gasteiger partial charge on any atom is 0.114 e. The van der Waals surface area contributed by atoms with Crippen molar-refractivity contribution in [3.8, 4) is 0 Å². The van der Waals surface area contributed by atoms with Crippen molar-refractivity contribution >= 4 is 0 Å². The second kappa shape index (κ2) is 2.99. The number of hydrogen-bond donors (Lipinski definition) is 4. The Balaban J connectivity index is 2.91. The van der Waals surface area contributed by atoms with E-state index in [-0.39, 0.29) is 11.1 Å². The summed E-state index contributed by atoms with van der Waals surface area (Å²) in [5, 5.41) is 36.8. The van der Waals surface area contributed by atoms with E-state index < -0.39 is 24.4 Å². The van der Waals surface area contributed by atoms with Crippen molar-refractivity contribution in [2.45, 2.75) is 24.4 Å². The van der Waals surface area contributed by atoms with Crippen LogP contribution >= 0.6 is 0 Å². The molecule has 4 heteroatoms. The van der Waals surface area contributed by atoms with E-state index in [2.05, 4.69) is 13.2 Å². The average Bonchev–Trinajstić information content (AvgIpc) is 2.08. The van der Waals surface area contributed by atoms with Gasteiger partial charge in [-0.1, -0.05) is 13.2 Å². The monoisotopic (exact) mass is 172 g/mol. The molecule has 1 rings (SSSR count). The molecule has 0 aromatic carbocycles. The molecule has 68 valence electrons. The van der Waals surface area contributed by atoms with Crippen molar-refractivity contribution in [1.82, 2.24) is 0 Å².